The van der Waals surface area contributed by atoms with Crippen molar-refractivity contribution in [3.8, 4) is 11.5 Å². The number of halogens is 1. The second-order valence-corrected chi connectivity index (χ2v) is 6.57. The second-order valence-electron chi connectivity index (χ2n) is 5.75. The molecule has 0 saturated carbocycles. The first-order chi connectivity index (χ1) is 14.0. The third-order valence-corrected chi connectivity index (χ3v) is 4.23. The maximum atomic E-state index is 12.2. The molecule has 3 rings (SSSR count). The molecule has 3 aromatic rings. The zero-order valence-corrected chi connectivity index (χ0v) is 17.0. The number of ether oxygens (including phenoxy) is 2. The van der Waals surface area contributed by atoms with Crippen LogP contribution in [-0.2, 0) is 6.61 Å². The van der Waals surface area contributed by atoms with Gasteiger partial charge in [0.2, 0.25) is 0 Å². The summed E-state index contributed by atoms with van der Waals surface area (Å²) >= 11 is 11.2. The van der Waals surface area contributed by atoms with E-state index in [1.54, 1.807) is 37.4 Å². The molecule has 0 saturated heterocycles. The van der Waals surface area contributed by atoms with Crippen LogP contribution in [0, 0.1) is 0 Å². The van der Waals surface area contributed by atoms with Crippen LogP contribution in [0.5, 0.6) is 11.5 Å². The van der Waals surface area contributed by atoms with Gasteiger partial charge in [0.1, 0.15) is 23.9 Å². The van der Waals surface area contributed by atoms with E-state index < -0.39 is 5.91 Å². The van der Waals surface area contributed by atoms with Crippen LogP contribution < -0.4 is 25.6 Å². The van der Waals surface area contributed by atoms with E-state index in [2.05, 4.69) is 16.2 Å². The number of nitrogens with one attached hydrogen (secondary N) is 3. The normalized spacial score (nSPS) is 10.1. The third kappa shape index (κ3) is 5.87. The number of furan rings is 1. The maximum absolute atomic E-state index is 12.2. The Hall–Kier alpha value is -3.23. The van der Waals surface area contributed by atoms with Crippen LogP contribution in [0.4, 0.5) is 5.69 Å². The first-order valence-corrected chi connectivity index (χ1v) is 9.31. The largest absolute Gasteiger partial charge is 0.497 e. The lowest BCUT2D eigenvalue weighted by atomic mass is 10.3. The van der Waals surface area contributed by atoms with E-state index in [9.17, 15) is 4.79 Å². The smallest absolute Gasteiger partial charge is 0.305 e. The van der Waals surface area contributed by atoms with Crippen LogP contribution >= 0.6 is 23.8 Å². The summed E-state index contributed by atoms with van der Waals surface area (Å²) in [4.78, 5) is 12.2. The van der Waals surface area contributed by atoms with Crippen LogP contribution in [-0.4, -0.2) is 18.1 Å². The molecule has 0 spiro atoms. The van der Waals surface area contributed by atoms with E-state index in [1.807, 2.05) is 30.3 Å². The Morgan fingerprint density at radius 3 is 2.72 bits per heavy atom. The molecule has 150 valence electrons. The molecule has 0 bridgehead atoms. The number of methoxy groups -OCH3 is 1. The number of benzene rings is 2. The number of rotatable bonds is 6. The fourth-order valence-electron chi connectivity index (χ4n) is 2.33. The number of hydrogen-bond acceptors (Lipinski definition) is 5. The zero-order valence-electron chi connectivity index (χ0n) is 15.4. The van der Waals surface area contributed by atoms with Crippen molar-refractivity contribution in [3.63, 3.8) is 0 Å². The number of hydrogen-bond donors (Lipinski definition) is 3. The highest BCUT2D eigenvalue weighted by molar-refractivity contribution is 7.80. The van der Waals surface area contributed by atoms with Crippen LogP contribution in [0.2, 0.25) is 5.02 Å². The van der Waals surface area contributed by atoms with Gasteiger partial charge in [-0.1, -0.05) is 29.8 Å². The van der Waals surface area contributed by atoms with Gasteiger partial charge in [-0.2, -0.15) is 0 Å². The minimum atomic E-state index is -0.483. The highest BCUT2D eigenvalue weighted by Gasteiger charge is 2.12. The molecule has 1 amide bonds. The van der Waals surface area contributed by atoms with Crippen molar-refractivity contribution in [1.82, 2.24) is 10.9 Å². The predicted molar refractivity (Wildman–Crippen MR) is 114 cm³/mol. The number of carbonyl (C=O) groups is 1. The number of amides is 1. The second kappa shape index (κ2) is 9.81. The highest BCUT2D eigenvalue weighted by Crippen LogP contribution is 2.24. The number of hydrazine groups is 1. The standard InChI is InChI=1S/C20H18ClN3O4S/c1-26-14-6-4-5-13(11-14)22-20(29)24-23-19(25)18-10-9-15(28-18)12-27-17-8-3-2-7-16(17)21/h2-11H,12H2,1H3,(H,23,25)(H2,22,24,29). The molecule has 0 unspecified atom stereocenters. The summed E-state index contributed by atoms with van der Waals surface area (Å²) in [7, 11) is 1.58. The van der Waals surface area contributed by atoms with Crippen molar-refractivity contribution in [3.05, 3.63) is 77.2 Å². The minimum Gasteiger partial charge on any atom is -0.497 e. The Labute approximate surface area is 177 Å². The predicted octanol–water partition coefficient (Wildman–Crippen LogP) is 4.15. The van der Waals surface area contributed by atoms with Gasteiger partial charge in [0.25, 0.3) is 0 Å². The molecule has 1 heterocycles. The topological polar surface area (TPSA) is 84.8 Å². The van der Waals surface area contributed by atoms with Crippen LogP contribution in [0.25, 0.3) is 0 Å². The highest BCUT2D eigenvalue weighted by atomic mass is 35.5. The van der Waals surface area contributed by atoms with Gasteiger partial charge in [-0.15, -0.1) is 0 Å². The van der Waals surface area contributed by atoms with E-state index in [4.69, 9.17) is 37.7 Å². The van der Waals surface area contributed by atoms with Crippen molar-refractivity contribution in [2.45, 2.75) is 6.61 Å². The molecule has 0 aliphatic carbocycles. The number of thiocarbonyl (C=S) groups is 1. The van der Waals surface area contributed by atoms with Gasteiger partial charge in [-0.3, -0.25) is 15.6 Å². The van der Waals surface area contributed by atoms with E-state index in [1.165, 1.54) is 0 Å². The molecule has 1 aromatic heterocycles. The van der Waals surface area contributed by atoms with Gasteiger partial charge in [0.05, 0.1) is 12.1 Å². The van der Waals surface area contributed by atoms with E-state index in [0.29, 0.717) is 28.0 Å². The molecule has 3 N–H and O–H groups in total. The lowest BCUT2D eigenvalue weighted by Crippen LogP contribution is -2.43. The SMILES string of the molecule is COc1cccc(NC(=S)NNC(=O)c2ccc(COc3ccccc3Cl)o2)c1. The number of anilines is 1. The summed E-state index contributed by atoms with van der Waals surface area (Å²) in [5, 5.41) is 3.64. The molecular weight excluding hydrogens is 414 g/mol. The molecule has 0 aliphatic rings. The van der Waals surface area contributed by atoms with E-state index in [0.717, 1.165) is 0 Å². The molecule has 0 fully saturated rings. The van der Waals surface area contributed by atoms with Crippen LogP contribution in [0.3, 0.4) is 0 Å². The van der Waals surface area contributed by atoms with Crippen molar-refractivity contribution >= 4 is 40.5 Å². The summed E-state index contributed by atoms with van der Waals surface area (Å²) in [6.07, 6.45) is 0. The van der Waals surface area contributed by atoms with Crippen LogP contribution in [0.1, 0.15) is 16.3 Å². The minimum absolute atomic E-state index is 0.111. The fraction of sp³-hybridized carbons (Fsp3) is 0.100. The van der Waals surface area contributed by atoms with Gasteiger partial charge in [0, 0.05) is 11.8 Å². The summed E-state index contributed by atoms with van der Waals surface area (Å²) < 4.78 is 16.2. The Bertz CT molecular complexity index is 1010. The molecule has 9 heteroatoms. The van der Waals surface area contributed by atoms with Crippen LogP contribution in [0.15, 0.2) is 65.1 Å². The van der Waals surface area contributed by atoms with Crippen molar-refractivity contribution in [1.29, 1.82) is 0 Å². The van der Waals surface area contributed by atoms with Crippen molar-refractivity contribution in [2.75, 3.05) is 12.4 Å². The Balaban J connectivity index is 1.48. The Kier molecular flexibility index (Phi) is 6.94. The molecule has 0 radical (unpaired) electrons. The lowest BCUT2D eigenvalue weighted by Gasteiger charge is -2.11. The van der Waals surface area contributed by atoms with Gasteiger partial charge in [0.15, 0.2) is 10.9 Å². The van der Waals surface area contributed by atoms with Gasteiger partial charge >= 0.3 is 5.91 Å². The molecule has 2 aromatic carbocycles. The quantitative estimate of drug-likeness (QED) is 0.399. The molecule has 0 atom stereocenters. The summed E-state index contributed by atoms with van der Waals surface area (Å²) in [6.45, 7) is 0.139. The van der Waals surface area contributed by atoms with E-state index in [-0.39, 0.29) is 17.5 Å². The summed E-state index contributed by atoms with van der Waals surface area (Å²) in [5.41, 5.74) is 5.79. The van der Waals surface area contributed by atoms with Gasteiger partial charge in [-0.05, 0) is 48.6 Å². The van der Waals surface area contributed by atoms with E-state index >= 15 is 0 Å². The Morgan fingerprint density at radius 1 is 1.10 bits per heavy atom. The zero-order chi connectivity index (χ0) is 20.6. The monoisotopic (exact) mass is 431 g/mol. The average Bonchev–Trinajstić information content (AvgIpc) is 3.21. The van der Waals surface area contributed by atoms with Crippen molar-refractivity contribution in [2.24, 2.45) is 0 Å². The van der Waals surface area contributed by atoms with Crippen molar-refractivity contribution < 1.29 is 18.7 Å². The van der Waals surface area contributed by atoms with Gasteiger partial charge in [-0.25, -0.2) is 0 Å². The Morgan fingerprint density at radius 2 is 1.93 bits per heavy atom. The lowest BCUT2D eigenvalue weighted by molar-refractivity contribution is 0.0912. The summed E-state index contributed by atoms with van der Waals surface area (Å²) in [5.74, 6) is 1.33. The number of para-hydroxylation sites is 1. The fourth-order valence-corrected chi connectivity index (χ4v) is 2.69. The van der Waals surface area contributed by atoms with Gasteiger partial charge < -0.3 is 19.2 Å². The molecule has 7 nitrogen and oxygen atoms in total. The molecule has 29 heavy (non-hydrogen) atoms. The first-order valence-electron chi connectivity index (χ1n) is 8.52. The molecule has 0 aliphatic heterocycles. The average molecular weight is 432 g/mol. The first kappa shape index (κ1) is 20.5. The summed E-state index contributed by atoms with van der Waals surface area (Å²) in [6, 6.07) is 17.5. The maximum Gasteiger partial charge on any atom is 0.305 e. The molecular formula is C20H18ClN3O4S. The third-order valence-electron chi connectivity index (χ3n) is 3.71. The number of carbonyl (C=O) groups excluding carboxylic acids is 1.